The fourth-order valence-electron chi connectivity index (χ4n) is 1.07. The highest BCUT2D eigenvalue weighted by Gasteiger charge is 2.12. The average Bonchev–Trinajstić information content (AvgIpc) is 2.01. The number of carbonyl (C=O) groups is 1. The summed E-state index contributed by atoms with van der Waals surface area (Å²) in [6.07, 6.45) is 0.218. The van der Waals surface area contributed by atoms with Gasteiger partial charge in [-0.15, -0.1) is 12.4 Å². The van der Waals surface area contributed by atoms with E-state index < -0.39 is 12.0 Å². The van der Waals surface area contributed by atoms with Crippen LogP contribution in [-0.4, -0.2) is 17.1 Å². The van der Waals surface area contributed by atoms with Gasteiger partial charge < -0.3 is 10.8 Å². The lowest BCUT2D eigenvalue weighted by molar-refractivity contribution is -0.138. The molecular weight excluding hydrogens is 260 g/mol. The standard InChI is InChI=1S/C9H9Cl2NO2.ClH/c10-6-1-5(2-7(11)4-6)3-8(12)9(13)14;/h1-2,4,8H,3,12H2,(H,13,14);1H/t8-;/m0./s1. The fourth-order valence-corrected chi connectivity index (χ4v) is 1.64. The fraction of sp³-hybridized carbons (Fsp3) is 0.222. The molecule has 0 radical (unpaired) electrons. The molecule has 1 atom stereocenters. The van der Waals surface area contributed by atoms with E-state index in [2.05, 4.69) is 0 Å². The Morgan fingerprint density at radius 3 is 2.20 bits per heavy atom. The Kier molecular flexibility index (Phi) is 5.98. The molecule has 0 aliphatic heterocycles. The molecule has 6 heteroatoms. The molecule has 3 nitrogen and oxygen atoms in total. The molecule has 0 heterocycles. The van der Waals surface area contributed by atoms with Gasteiger partial charge in [-0.3, -0.25) is 4.79 Å². The van der Waals surface area contributed by atoms with Crippen molar-refractivity contribution in [2.24, 2.45) is 5.73 Å². The first-order valence-electron chi connectivity index (χ1n) is 3.92. The number of hydrogen-bond acceptors (Lipinski definition) is 2. The second-order valence-corrected chi connectivity index (χ2v) is 3.80. The molecular formula is C9H10Cl3NO2. The molecule has 0 unspecified atom stereocenters. The largest absolute Gasteiger partial charge is 0.480 e. The number of carboxylic acid groups (broad SMARTS) is 1. The molecule has 1 aromatic rings. The van der Waals surface area contributed by atoms with E-state index in [1.165, 1.54) is 0 Å². The van der Waals surface area contributed by atoms with Gasteiger partial charge in [0.25, 0.3) is 0 Å². The molecule has 0 saturated carbocycles. The van der Waals surface area contributed by atoms with Crippen LogP contribution in [0.4, 0.5) is 0 Å². The Bertz CT molecular complexity index is 337. The van der Waals surface area contributed by atoms with Crippen LogP contribution in [0.1, 0.15) is 5.56 Å². The van der Waals surface area contributed by atoms with Crippen molar-refractivity contribution in [3.8, 4) is 0 Å². The van der Waals surface area contributed by atoms with Crippen LogP contribution in [0.5, 0.6) is 0 Å². The highest BCUT2D eigenvalue weighted by Crippen LogP contribution is 2.19. The Labute approximate surface area is 104 Å². The number of benzene rings is 1. The second kappa shape index (κ2) is 6.18. The number of nitrogens with two attached hydrogens (primary N) is 1. The first kappa shape index (κ1) is 14.5. The maximum Gasteiger partial charge on any atom is 0.320 e. The van der Waals surface area contributed by atoms with Gasteiger partial charge in [-0.2, -0.15) is 0 Å². The van der Waals surface area contributed by atoms with Gasteiger partial charge >= 0.3 is 5.97 Å². The summed E-state index contributed by atoms with van der Waals surface area (Å²) in [6.45, 7) is 0. The van der Waals surface area contributed by atoms with Crippen LogP contribution in [-0.2, 0) is 11.2 Å². The third-order valence-corrected chi connectivity index (χ3v) is 2.13. The van der Waals surface area contributed by atoms with Crippen LogP contribution in [0.2, 0.25) is 10.0 Å². The van der Waals surface area contributed by atoms with Gasteiger partial charge in [-0.05, 0) is 30.2 Å². The Balaban J connectivity index is 0.00000196. The molecule has 0 aliphatic rings. The van der Waals surface area contributed by atoms with Crippen LogP contribution >= 0.6 is 35.6 Å². The van der Waals surface area contributed by atoms with E-state index in [4.69, 9.17) is 34.0 Å². The SMILES string of the molecule is Cl.N[C@@H](Cc1cc(Cl)cc(Cl)c1)C(=O)O. The molecule has 0 spiro atoms. The quantitative estimate of drug-likeness (QED) is 0.886. The average molecular weight is 271 g/mol. The maximum absolute atomic E-state index is 10.5. The molecule has 0 aromatic heterocycles. The van der Waals surface area contributed by atoms with Gasteiger partial charge in [0, 0.05) is 10.0 Å². The summed E-state index contributed by atoms with van der Waals surface area (Å²) < 4.78 is 0. The zero-order valence-corrected chi connectivity index (χ0v) is 9.94. The summed E-state index contributed by atoms with van der Waals surface area (Å²) in [4.78, 5) is 10.5. The first-order chi connectivity index (χ1) is 6.49. The van der Waals surface area contributed by atoms with Crippen molar-refractivity contribution in [3.63, 3.8) is 0 Å². The van der Waals surface area contributed by atoms with Crippen LogP contribution < -0.4 is 5.73 Å². The third kappa shape index (κ3) is 4.71. The summed E-state index contributed by atoms with van der Waals surface area (Å²) in [6, 6.07) is 3.95. The van der Waals surface area contributed by atoms with Gasteiger partial charge in [0.05, 0.1) is 0 Å². The smallest absolute Gasteiger partial charge is 0.320 e. The van der Waals surface area contributed by atoms with E-state index in [-0.39, 0.29) is 18.8 Å². The van der Waals surface area contributed by atoms with Crippen molar-refractivity contribution in [1.82, 2.24) is 0 Å². The van der Waals surface area contributed by atoms with Crippen molar-refractivity contribution in [2.45, 2.75) is 12.5 Å². The molecule has 3 N–H and O–H groups in total. The summed E-state index contributed by atoms with van der Waals surface area (Å²) in [5.41, 5.74) is 6.08. The van der Waals surface area contributed by atoms with Gasteiger partial charge in [0.1, 0.15) is 6.04 Å². The predicted molar refractivity (Wildman–Crippen MR) is 63.0 cm³/mol. The minimum absolute atomic E-state index is 0. The molecule has 0 fully saturated rings. The lowest BCUT2D eigenvalue weighted by Crippen LogP contribution is -2.32. The number of carboxylic acids is 1. The minimum Gasteiger partial charge on any atom is -0.480 e. The number of rotatable bonds is 3. The number of aliphatic carboxylic acids is 1. The third-order valence-electron chi connectivity index (χ3n) is 1.70. The first-order valence-corrected chi connectivity index (χ1v) is 4.68. The molecule has 0 saturated heterocycles. The Morgan fingerprint density at radius 2 is 1.80 bits per heavy atom. The number of hydrogen-bond donors (Lipinski definition) is 2. The van der Waals surface area contributed by atoms with Gasteiger partial charge in [-0.1, -0.05) is 23.2 Å². The van der Waals surface area contributed by atoms with Gasteiger partial charge in [0.15, 0.2) is 0 Å². The molecule has 1 rings (SSSR count). The van der Waals surface area contributed by atoms with Crippen LogP contribution in [0, 0.1) is 0 Å². The monoisotopic (exact) mass is 269 g/mol. The highest BCUT2D eigenvalue weighted by atomic mass is 35.5. The zero-order valence-electron chi connectivity index (χ0n) is 7.61. The maximum atomic E-state index is 10.5. The van der Waals surface area contributed by atoms with Crippen LogP contribution in [0.25, 0.3) is 0 Å². The van der Waals surface area contributed by atoms with E-state index in [0.29, 0.717) is 10.0 Å². The van der Waals surface area contributed by atoms with Crippen LogP contribution in [0.15, 0.2) is 18.2 Å². The van der Waals surface area contributed by atoms with E-state index >= 15 is 0 Å². The Morgan fingerprint density at radius 1 is 1.33 bits per heavy atom. The van der Waals surface area contributed by atoms with E-state index in [1.807, 2.05) is 0 Å². The van der Waals surface area contributed by atoms with Crippen molar-refractivity contribution in [1.29, 1.82) is 0 Å². The molecule has 0 amide bonds. The lowest BCUT2D eigenvalue weighted by atomic mass is 10.1. The topological polar surface area (TPSA) is 63.3 Å². The van der Waals surface area contributed by atoms with Crippen molar-refractivity contribution >= 4 is 41.6 Å². The zero-order chi connectivity index (χ0) is 10.7. The highest BCUT2D eigenvalue weighted by molar-refractivity contribution is 6.34. The second-order valence-electron chi connectivity index (χ2n) is 2.93. The lowest BCUT2D eigenvalue weighted by Gasteiger charge is -2.06. The minimum atomic E-state index is -1.04. The summed E-state index contributed by atoms with van der Waals surface area (Å²) in [5, 5.41) is 9.54. The summed E-state index contributed by atoms with van der Waals surface area (Å²) in [5.74, 6) is -1.04. The molecule has 0 bridgehead atoms. The van der Waals surface area contributed by atoms with Crippen LogP contribution in [0.3, 0.4) is 0 Å². The van der Waals surface area contributed by atoms with Crippen molar-refractivity contribution in [3.05, 3.63) is 33.8 Å². The van der Waals surface area contributed by atoms with Crippen molar-refractivity contribution in [2.75, 3.05) is 0 Å². The van der Waals surface area contributed by atoms with E-state index in [0.717, 1.165) is 5.56 Å². The molecule has 0 aliphatic carbocycles. The van der Waals surface area contributed by atoms with Gasteiger partial charge in [-0.25, -0.2) is 0 Å². The molecule has 84 valence electrons. The predicted octanol–water partition coefficient (Wildman–Crippen LogP) is 2.37. The Hall–Kier alpha value is -0.480. The molecule has 15 heavy (non-hydrogen) atoms. The molecule has 1 aromatic carbocycles. The van der Waals surface area contributed by atoms with E-state index in [1.54, 1.807) is 18.2 Å². The normalized spacial score (nSPS) is 11.7. The summed E-state index contributed by atoms with van der Waals surface area (Å²) >= 11 is 11.5. The number of halogens is 3. The summed E-state index contributed by atoms with van der Waals surface area (Å²) in [7, 11) is 0. The van der Waals surface area contributed by atoms with Gasteiger partial charge in [0.2, 0.25) is 0 Å². The van der Waals surface area contributed by atoms with Crippen molar-refractivity contribution < 1.29 is 9.90 Å². The van der Waals surface area contributed by atoms with E-state index in [9.17, 15) is 4.79 Å².